The topological polar surface area (TPSA) is 57.6 Å². The maximum absolute atomic E-state index is 13.9. The lowest BCUT2D eigenvalue weighted by Gasteiger charge is -2.31. The maximum atomic E-state index is 13.9. The summed E-state index contributed by atoms with van der Waals surface area (Å²) in [7, 11) is 0. The molecule has 1 aliphatic heterocycles. The van der Waals surface area contributed by atoms with Crippen molar-refractivity contribution in [3.8, 4) is 0 Å². The van der Waals surface area contributed by atoms with Crippen molar-refractivity contribution in [1.82, 2.24) is 4.90 Å². The summed E-state index contributed by atoms with van der Waals surface area (Å²) in [6.07, 6.45) is 1.88. The second kappa shape index (κ2) is 5.88. The number of piperidine rings is 1. The number of aliphatic carboxylic acids is 1. The molecule has 1 saturated carbocycles. The van der Waals surface area contributed by atoms with Crippen LogP contribution in [0.5, 0.6) is 0 Å². The third kappa shape index (κ3) is 2.82. The van der Waals surface area contributed by atoms with E-state index in [1.54, 1.807) is 17.0 Å². The van der Waals surface area contributed by atoms with Crippen LogP contribution in [0, 0.1) is 17.7 Å². The van der Waals surface area contributed by atoms with E-state index in [1.807, 2.05) is 0 Å². The number of hydrogen-bond acceptors (Lipinski definition) is 2. The van der Waals surface area contributed by atoms with Gasteiger partial charge in [-0.1, -0.05) is 17.7 Å². The van der Waals surface area contributed by atoms with Crippen molar-refractivity contribution in [1.29, 1.82) is 0 Å². The highest BCUT2D eigenvalue weighted by Crippen LogP contribution is 2.51. The van der Waals surface area contributed by atoms with E-state index in [9.17, 15) is 14.0 Å². The van der Waals surface area contributed by atoms with Gasteiger partial charge in [-0.3, -0.25) is 9.59 Å². The van der Waals surface area contributed by atoms with Crippen LogP contribution < -0.4 is 0 Å². The van der Waals surface area contributed by atoms with Crippen LogP contribution in [0.2, 0.25) is 5.02 Å². The molecule has 1 amide bonds. The Morgan fingerprint density at radius 2 is 2.14 bits per heavy atom. The van der Waals surface area contributed by atoms with Crippen molar-refractivity contribution >= 4 is 23.5 Å². The van der Waals surface area contributed by atoms with E-state index in [0.29, 0.717) is 36.4 Å². The number of rotatable bonds is 3. The Labute approximate surface area is 132 Å². The summed E-state index contributed by atoms with van der Waals surface area (Å²) in [5.41, 5.74) is 0.411. The second-order valence-electron chi connectivity index (χ2n) is 6.05. The molecule has 3 rings (SSSR count). The van der Waals surface area contributed by atoms with Crippen LogP contribution in [-0.2, 0) is 9.59 Å². The number of carboxylic acid groups (broad SMARTS) is 1. The first-order valence-electron chi connectivity index (χ1n) is 7.44. The van der Waals surface area contributed by atoms with E-state index in [4.69, 9.17) is 16.7 Å². The minimum Gasteiger partial charge on any atom is -0.481 e. The number of halogens is 2. The lowest BCUT2D eigenvalue weighted by molar-refractivity contribution is -0.146. The van der Waals surface area contributed by atoms with Gasteiger partial charge in [-0.25, -0.2) is 4.39 Å². The predicted octanol–water partition coefficient (Wildman–Crippen LogP) is 2.91. The van der Waals surface area contributed by atoms with Gasteiger partial charge in [-0.2, -0.15) is 0 Å². The van der Waals surface area contributed by atoms with Crippen LogP contribution in [0.25, 0.3) is 0 Å². The number of nitrogens with zero attached hydrogens (tertiary/aromatic N) is 1. The summed E-state index contributed by atoms with van der Waals surface area (Å²) in [4.78, 5) is 25.2. The Morgan fingerprint density at radius 3 is 2.82 bits per heavy atom. The number of carbonyl (C=O) groups is 2. The van der Waals surface area contributed by atoms with Gasteiger partial charge in [0, 0.05) is 35.5 Å². The second-order valence-corrected chi connectivity index (χ2v) is 6.45. The van der Waals surface area contributed by atoms with Gasteiger partial charge in [0.1, 0.15) is 5.82 Å². The van der Waals surface area contributed by atoms with Crippen LogP contribution in [0.1, 0.15) is 30.7 Å². The molecule has 0 bridgehead atoms. The molecule has 118 valence electrons. The molecule has 6 heteroatoms. The fourth-order valence-corrected chi connectivity index (χ4v) is 3.57. The van der Waals surface area contributed by atoms with Crippen molar-refractivity contribution in [2.45, 2.75) is 25.2 Å². The standard InChI is InChI=1S/C16H17ClFNO3/c17-12-4-1-5-13(18)14(12)10-7-11(10)15(20)19-6-2-3-9(8-19)16(21)22/h1,4-5,9-11H,2-3,6-8H2,(H,21,22)/t9-,10-,11-/m0/s1. The molecule has 1 N–H and O–H groups in total. The predicted molar refractivity (Wildman–Crippen MR) is 79.2 cm³/mol. The summed E-state index contributed by atoms with van der Waals surface area (Å²) in [5, 5.41) is 9.44. The summed E-state index contributed by atoms with van der Waals surface area (Å²) in [6.45, 7) is 0.833. The zero-order chi connectivity index (χ0) is 15.9. The third-order valence-electron chi connectivity index (χ3n) is 4.56. The highest BCUT2D eigenvalue weighted by atomic mass is 35.5. The molecular formula is C16H17ClFNO3. The van der Waals surface area contributed by atoms with E-state index in [0.717, 1.165) is 0 Å². The Morgan fingerprint density at radius 1 is 1.36 bits per heavy atom. The first kappa shape index (κ1) is 15.3. The first-order valence-corrected chi connectivity index (χ1v) is 7.82. The average Bonchev–Trinajstić information content (AvgIpc) is 3.26. The molecule has 1 aliphatic carbocycles. The Balaban J connectivity index is 1.69. The molecule has 22 heavy (non-hydrogen) atoms. The minimum atomic E-state index is -0.859. The van der Waals surface area contributed by atoms with Crippen LogP contribution >= 0.6 is 11.6 Å². The van der Waals surface area contributed by atoms with Gasteiger partial charge in [0.25, 0.3) is 0 Å². The zero-order valence-electron chi connectivity index (χ0n) is 12.0. The van der Waals surface area contributed by atoms with Crippen molar-refractivity contribution in [3.63, 3.8) is 0 Å². The van der Waals surface area contributed by atoms with E-state index in [2.05, 4.69) is 0 Å². The Hall–Kier alpha value is -1.62. The third-order valence-corrected chi connectivity index (χ3v) is 4.89. The van der Waals surface area contributed by atoms with Crippen LogP contribution in [0.3, 0.4) is 0 Å². The van der Waals surface area contributed by atoms with Gasteiger partial charge >= 0.3 is 5.97 Å². The molecule has 0 unspecified atom stereocenters. The molecule has 2 aliphatic rings. The van der Waals surface area contributed by atoms with Crippen molar-refractivity contribution in [2.75, 3.05) is 13.1 Å². The number of carboxylic acids is 1. The molecule has 2 fully saturated rings. The van der Waals surface area contributed by atoms with Crippen LogP contribution in [0.15, 0.2) is 18.2 Å². The maximum Gasteiger partial charge on any atom is 0.308 e. The number of carbonyl (C=O) groups excluding carboxylic acids is 1. The normalized spacial score (nSPS) is 27.5. The molecule has 1 saturated heterocycles. The summed E-state index contributed by atoms with van der Waals surface area (Å²) >= 11 is 6.04. The van der Waals surface area contributed by atoms with E-state index in [-0.39, 0.29) is 30.1 Å². The lowest BCUT2D eigenvalue weighted by Crippen LogP contribution is -2.43. The number of likely N-dealkylation sites (tertiary alicyclic amines) is 1. The first-order chi connectivity index (χ1) is 10.5. The van der Waals surface area contributed by atoms with Gasteiger partial charge in [0.05, 0.1) is 5.92 Å². The van der Waals surface area contributed by atoms with Gasteiger partial charge < -0.3 is 10.0 Å². The smallest absolute Gasteiger partial charge is 0.308 e. The minimum absolute atomic E-state index is 0.0738. The molecule has 0 spiro atoms. The SMILES string of the molecule is O=C(O)[C@H]1CCCN(C(=O)[C@H]2C[C@@H]2c2c(F)cccc2Cl)C1. The molecule has 3 atom stereocenters. The lowest BCUT2D eigenvalue weighted by atomic mass is 9.97. The Bertz CT molecular complexity index is 601. The van der Waals surface area contributed by atoms with Crippen molar-refractivity contribution in [2.24, 2.45) is 11.8 Å². The monoisotopic (exact) mass is 325 g/mol. The molecule has 0 radical (unpaired) electrons. The summed E-state index contributed by atoms with van der Waals surface area (Å²) in [5.74, 6) is -2.27. The summed E-state index contributed by atoms with van der Waals surface area (Å²) in [6, 6.07) is 4.52. The number of benzene rings is 1. The summed E-state index contributed by atoms with van der Waals surface area (Å²) < 4.78 is 13.9. The van der Waals surface area contributed by atoms with Crippen LogP contribution in [-0.4, -0.2) is 35.0 Å². The quantitative estimate of drug-likeness (QED) is 0.929. The van der Waals surface area contributed by atoms with Crippen molar-refractivity contribution < 1.29 is 19.1 Å². The molecular weight excluding hydrogens is 309 g/mol. The highest BCUT2D eigenvalue weighted by molar-refractivity contribution is 6.31. The number of amides is 1. The fourth-order valence-electron chi connectivity index (χ4n) is 3.27. The van der Waals surface area contributed by atoms with Gasteiger partial charge in [0.15, 0.2) is 0 Å². The largest absolute Gasteiger partial charge is 0.481 e. The molecule has 1 heterocycles. The van der Waals surface area contributed by atoms with E-state index < -0.39 is 11.9 Å². The van der Waals surface area contributed by atoms with Gasteiger partial charge in [-0.15, -0.1) is 0 Å². The molecule has 1 aromatic rings. The molecule has 0 aromatic heterocycles. The van der Waals surface area contributed by atoms with Gasteiger partial charge in [-0.05, 0) is 31.4 Å². The Kier molecular flexibility index (Phi) is 4.08. The molecule has 4 nitrogen and oxygen atoms in total. The average molecular weight is 326 g/mol. The zero-order valence-corrected chi connectivity index (χ0v) is 12.7. The fraction of sp³-hybridized carbons (Fsp3) is 0.500. The molecule has 1 aromatic carbocycles. The van der Waals surface area contributed by atoms with E-state index >= 15 is 0 Å². The highest BCUT2D eigenvalue weighted by Gasteiger charge is 2.48. The van der Waals surface area contributed by atoms with Gasteiger partial charge in [0.2, 0.25) is 5.91 Å². The van der Waals surface area contributed by atoms with Crippen molar-refractivity contribution in [3.05, 3.63) is 34.6 Å². The number of hydrogen-bond donors (Lipinski definition) is 1. The van der Waals surface area contributed by atoms with E-state index in [1.165, 1.54) is 6.07 Å². The van der Waals surface area contributed by atoms with Crippen LogP contribution in [0.4, 0.5) is 4.39 Å².